The molecule has 0 aromatic heterocycles. The summed E-state index contributed by atoms with van der Waals surface area (Å²) < 4.78 is 10.8. The standard InChI is InChI=1S/C13H15NO5/c14-6-8-1-3-9(4-2-8)18-12-5-10(16)13(17)11(7-15)19-12/h1-4,10-13,15-17H,5,7H2. The second-order valence-corrected chi connectivity index (χ2v) is 4.33. The number of aliphatic hydroxyl groups is 3. The maximum absolute atomic E-state index is 9.65. The summed E-state index contributed by atoms with van der Waals surface area (Å²) in [5.41, 5.74) is 0.514. The highest BCUT2D eigenvalue weighted by atomic mass is 16.7. The summed E-state index contributed by atoms with van der Waals surface area (Å²) in [6.45, 7) is -0.397. The van der Waals surface area contributed by atoms with E-state index in [2.05, 4.69) is 0 Å². The molecule has 1 aromatic rings. The Kier molecular flexibility index (Phi) is 4.35. The number of ether oxygens (including phenoxy) is 2. The van der Waals surface area contributed by atoms with E-state index in [1.807, 2.05) is 6.07 Å². The first-order valence-corrected chi connectivity index (χ1v) is 5.93. The number of rotatable bonds is 3. The number of benzene rings is 1. The molecule has 2 rings (SSSR count). The number of nitriles is 1. The first-order chi connectivity index (χ1) is 9.13. The van der Waals surface area contributed by atoms with Gasteiger partial charge in [-0.05, 0) is 24.3 Å². The van der Waals surface area contributed by atoms with E-state index in [9.17, 15) is 10.2 Å². The average molecular weight is 265 g/mol. The summed E-state index contributed by atoms with van der Waals surface area (Å²) in [7, 11) is 0. The Bertz CT molecular complexity index is 455. The van der Waals surface area contributed by atoms with Crippen molar-refractivity contribution in [2.45, 2.75) is 31.0 Å². The highest BCUT2D eigenvalue weighted by Gasteiger charge is 2.37. The van der Waals surface area contributed by atoms with Crippen molar-refractivity contribution in [3.63, 3.8) is 0 Å². The molecule has 4 unspecified atom stereocenters. The Balaban J connectivity index is 2.00. The Labute approximate surface area is 110 Å². The molecule has 1 fully saturated rings. The molecule has 102 valence electrons. The van der Waals surface area contributed by atoms with Crippen molar-refractivity contribution in [1.29, 1.82) is 5.26 Å². The summed E-state index contributed by atoms with van der Waals surface area (Å²) in [5.74, 6) is 0.490. The van der Waals surface area contributed by atoms with Crippen molar-refractivity contribution in [3.05, 3.63) is 29.8 Å². The van der Waals surface area contributed by atoms with Crippen LogP contribution in [0.4, 0.5) is 0 Å². The number of hydrogen-bond donors (Lipinski definition) is 3. The van der Waals surface area contributed by atoms with E-state index in [0.29, 0.717) is 11.3 Å². The molecule has 1 aliphatic heterocycles. The van der Waals surface area contributed by atoms with E-state index in [0.717, 1.165) is 0 Å². The van der Waals surface area contributed by atoms with Gasteiger partial charge >= 0.3 is 0 Å². The third-order valence-electron chi connectivity index (χ3n) is 2.97. The van der Waals surface area contributed by atoms with Gasteiger partial charge in [-0.1, -0.05) is 0 Å². The van der Waals surface area contributed by atoms with Crippen molar-refractivity contribution in [3.8, 4) is 11.8 Å². The fourth-order valence-corrected chi connectivity index (χ4v) is 1.90. The van der Waals surface area contributed by atoms with Crippen molar-refractivity contribution in [1.82, 2.24) is 0 Å². The molecule has 4 atom stereocenters. The minimum absolute atomic E-state index is 0.109. The van der Waals surface area contributed by atoms with E-state index < -0.39 is 31.2 Å². The van der Waals surface area contributed by atoms with Crippen LogP contribution in [0.2, 0.25) is 0 Å². The highest BCUT2D eigenvalue weighted by molar-refractivity contribution is 5.34. The highest BCUT2D eigenvalue weighted by Crippen LogP contribution is 2.23. The van der Waals surface area contributed by atoms with Gasteiger partial charge in [0.2, 0.25) is 6.29 Å². The van der Waals surface area contributed by atoms with Gasteiger partial charge in [-0.25, -0.2) is 0 Å². The van der Waals surface area contributed by atoms with Crippen LogP contribution >= 0.6 is 0 Å². The minimum Gasteiger partial charge on any atom is -0.465 e. The molecule has 0 bridgehead atoms. The summed E-state index contributed by atoms with van der Waals surface area (Å²) >= 11 is 0. The molecule has 0 amide bonds. The smallest absolute Gasteiger partial charge is 0.202 e. The normalized spacial score (nSPS) is 30.6. The zero-order valence-electron chi connectivity index (χ0n) is 10.1. The molecule has 0 spiro atoms. The molecule has 0 saturated carbocycles. The SMILES string of the molecule is N#Cc1ccc(OC2CC(O)C(O)C(CO)O2)cc1. The zero-order chi connectivity index (χ0) is 13.8. The van der Waals surface area contributed by atoms with E-state index in [4.69, 9.17) is 19.8 Å². The third-order valence-corrected chi connectivity index (χ3v) is 2.97. The molecule has 0 radical (unpaired) electrons. The van der Waals surface area contributed by atoms with Gasteiger partial charge in [-0.2, -0.15) is 5.26 Å². The van der Waals surface area contributed by atoms with Gasteiger partial charge in [0, 0.05) is 6.42 Å². The summed E-state index contributed by atoms with van der Waals surface area (Å²) in [5, 5.41) is 36.9. The Hall–Kier alpha value is -1.65. The Morgan fingerprint density at radius 3 is 2.58 bits per heavy atom. The van der Waals surface area contributed by atoms with Crippen LogP contribution in [0.1, 0.15) is 12.0 Å². The van der Waals surface area contributed by atoms with Gasteiger partial charge in [0.15, 0.2) is 0 Å². The van der Waals surface area contributed by atoms with Gasteiger partial charge in [-0.15, -0.1) is 0 Å². The molecule has 6 heteroatoms. The van der Waals surface area contributed by atoms with Crippen LogP contribution in [0.15, 0.2) is 24.3 Å². The predicted molar refractivity (Wildman–Crippen MR) is 64.2 cm³/mol. The van der Waals surface area contributed by atoms with E-state index in [-0.39, 0.29) is 6.42 Å². The topological polar surface area (TPSA) is 103 Å². The van der Waals surface area contributed by atoms with Gasteiger partial charge in [-0.3, -0.25) is 0 Å². The van der Waals surface area contributed by atoms with Crippen molar-refractivity contribution < 1.29 is 24.8 Å². The van der Waals surface area contributed by atoms with Crippen molar-refractivity contribution >= 4 is 0 Å². The zero-order valence-corrected chi connectivity index (χ0v) is 10.1. The summed E-state index contributed by atoms with van der Waals surface area (Å²) in [6.07, 6.45) is -3.63. The molecule has 19 heavy (non-hydrogen) atoms. The second kappa shape index (κ2) is 5.99. The molecule has 1 aromatic carbocycles. The summed E-state index contributed by atoms with van der Waals surface area (Å²) in [4.78, 5) is 0. The largest absolute Gasteiger partial charge is 0.465 e. The molecule has 1 heterocycles. The van der Waals surface area contributed by atoms with Crippen LogP contribution in [0.3, 0.4) is 0 Å². The molecular weight excluding hydrogens is 250 g/mol. The first kappa shape index (κ1) is 13.8. The third kappa shape index (κ3) is 3.22. The van der Waals surface area contributed by atoms with Crippen molar-refractivity contribution in [2.24, 2.45) is 0 Å². The number of hydrogen-bond acceptors (Lipinski definition) is 6. The first-order valence-electron chi connectivity index (χ1n) is 5.93. The van der Waals surface area contributed by atoms with Crippen LogP contribution in [-0.2, 0) is 4.74 Å². The molecular formula is C13H15NO5. The monoisotopic (exact) mass is 265 g/mol. The van der Waals surface area contributed by atoms with Gasteiger partial charge in [0.1, 0.15) is 18.0 Å². The maximum atomic E-state index is 9.65. The predicted octanol–water partition coefficient (Wildman–Crippen LogP) is -0.234. The van der Waals surface area contributed by atoms with Crippen LogP contribution in [0.25, 0.3) is 0 Å². The van der Waals surface area contributed by atoms with Crippen LogP contribution in [0.5, 0.6) is 5.75 Å². The number of aliphatic hydroxyl groups excluding tert-OH is 3. The Morgan fingerprint density at radius 2 is 2.00 bits per heavy atom. The van der Waals surface area contributed by atoms with Crippen molar-refractivity contribution in [2.75, 3.05) is 6.61 Å². The fourth-order valence-electron chi connectivity index (χ4n) is 1.90. The lowest BCUT2D eigenvalue weighted by atomic mass is 10.0. The van der Waals surface area contributed by atoms with Gasteiger partial charge in [0.25, 0.3) is 0 Å². The maximum Gasteiger partial charge on any atom is 0.202 e. The Morgan fingerprint density at radius 1 is 1.32 bits per heavy atom. The number of nitrogens with zero attached hydrogens (tertiary/aromatic N) is 1. The lowest BCUT2D eigenvalue weighted by molar-refractivity contribution is -0.229. The summed E-state index contributed by atoms with van der Waals surface area (Å²) in [6, 6.07) is 8.44. The van der Waals surface area contributed by atoms with Crippen LogP contribution in [-0.4, -0.2) is 46.5 Å². The fraction of sp³-hybridized carbons (Fsp3) is 0.462. The van der Waals surface area contributed by atoms with Crippen LogP contribution < -0.4 is 4.74 Å². The van der Waals surface area contributed by atoms with E-state index in [1.165, 1.54) is 0 Å². The average Bonchev–Trinajstić information content (AvgIpc) is 2.43. The molecule has 0 aliphatic carbocycles. The molecule has 6 nitrogen and oxygen atoms in total. The lowest BCUT2D eigenvalue weighted by Gasteiger charge is -2.36. The van der Waals surface area contributed by atoms with E-state index >= 15 is 0 Å². The molecule has 1 saturated heterocycles. The van der Waals surface area contributed by atoms with E-state index in [1.54, 1.807) is 24.3 Å². The van der Waals surface area contributed by atoms with Gasteiger partial charge in [0.05, 0.1) is 24.3 Å². The van der Waals surface area contributed by atoms with Crippen LogP contribution in [0, 0.1) is 11.3 Å². The molecule has 3 N–H and O–H groups in total. The minimum atomic E-state index is -1.12. The lowest BCUT2D eigenvalue weighted by Crippen LogP contribution is -2.51. The quantitative estimate of drug-likeness (QED) is 0.697. The second-order valence-electron chi connectivity index (χ2n) is 4.33. The molecule has 1 aliphatic rings. The van der Waals surface area contributed by atoms with Gasteiger partial charge < -0.3 is 24.8 Å².